The fraction of sp³-hybridized carbons (Fsp3) is 0.800. The molecule has 88 valence electrons. The van der Waals surface area contributed by atoms with Crippen LogP contribution >= 0.6 is 0 Å². The predicted octanol–water partition coefficient (Wildman–Crippen LogP) is -0.373. The second-order valence-corrected chi connectivity index (χ2v) is 3.66. The first-order chi connectivity index (χ1) is 7.06. The first-order valence-electron chi connectivity index (χ1n) is 5.33. The zero-order valence-corrected chi connectivity index (χ0v) is 9.72. The van der Waals surface area contributed by atoms with Gasteiger partial charge >= 0.3 is 0 Å². The van der Waals surface area contributed by atoms with Crippen molar-refractivity contribution in [3.8, 4) is 0 Å². The molecule has 15 heavy (non-hydrogen) atoms. The molecule has 0 rings (SSSR count). The van der Waals surface area contributed by atoms with E-state index in [0.717, 1.165) is 6.42 Å². The average molecular weight is 215 g/mol. The number of carbonyl (C=O) groups excluding carboxylic acids is 2. The fourth-order valence-electron chi connectivity index (χ4n) is 0.865. The standard InChI is InChI=1S/C10H21N3O2/c1-4-5-11-9(14)7-13-10(15)6-12-8(2)3/h8,12H,4-7H2,1-3H3,(H,11,14)(H,13,15). The van der Waals surface area contributed by atoms with Crippen LogP contribution in [-0.2, 0) is 9.59 Å². The number of hydrogen-bond acceptors (Lipinski definition) is 3. The van der Waals surface area contributed by atoms with Crippen molar-refractivity contribution in [1.82, 2.24) is 16.0 Å². The molecule has 0 radical (unpaired) electrons. The zero-order valence-electron chi connectivity index (χ0n) is 9.72. The Labute approximate surface area is 91.0 Å². The summed E-state index contributed by atoms with van der Waals surface area (Å²) in [6, 6.07) is 0.268. The highest BCUT2D eigenvalue weighted by molar-refractivity contribution is 5.85. The molecule has 0 heterocycles. The Balaban J connectivity index is 3.49. The minimum Gasteiger partial charge on any atom is -0.355 e. The van der Waals surface area contributed by atoms with Crippen LogP contribution in [0.15, 0.2) is 0 Å². The second kappa shape index (κ2) is 8.23. The highest BCUT2D eigenvalue weighted by Gasteiger charge is 2.04. The highest BCUT2D eigenvalue weighted by Crippen LogP contribution is 1.75. The van der Waals surface area contributed by atoms with Crippen molar-refractivity contribution in [2.24, 2.45) is 0 Å². The third kappa shape index (κ3) is 9.21. The van der Waals surface area contributed by atoms with E-state index in [1.807, 2.05) is 20.8 Å². The van der Waals surface area contributed by atoms with Gasteiger partial charge in [-0.1, -0.05) is 20.8 Å². The summed E-state index contributed by atoms with van der Waals surface area (Å²) in [6.45, 7) is 6.85. The van der Waals surface area contributed by atoms with E-state index in [9.17, 15) is 9.59 Å². The Kier molecular flexibility index (Phi) is 7.62. The van der Waals surface area contributed by atoms with Gasteiger partial charge in [-0.2, -0.15) is 0 Å². The second-order valence-electron chi connectivity index (χ2n) is 3.66. The Hall–Kier alpha value is -1.10. The predicted molar refractivity (Wildman–Crippen MR) is 59.4 cm³/mol. The van der Waals surface area contributed by atoms with Gasteiger partial charge in [-0.15, -0.1) is 0 Å². The SMILES string of the molecule is CCCNC(=O)CNC(=O)CNC(C)C. The van der Waals surface area contributed by atoms with Crippen molar-refractivity contribution < 1.29 is 9.59 Å². The molecule has 3 N–H and O–H groups in total. The molecule has 0 aromatic heterocycles. The molecule has 0 aromatic carbocycles. The average Bonchev–Trinajstić information content (AvgIpc) is 2.20. The summed E-state index contributed by atoms with van der Waals surface area (Å²) in [5.74, 6) is -0.301. The topological polar surface area (TPSA) is 70.2 Å². The van der Waals surface area contributed by atoms with Crippen molar-refractivity contribution >= 4 is 11.8 Å². The van der Waals surface area contributed by atoms with E-state index < -0.39 is 0 Å². The van der Waals surface area contributed by atoms with E-state index >= 15 is 0 Å². The number of rotatable bonds is 7. The number of amides is 2. The van der Waals surface area contributed by atoms with Gasteiger partial charge in [-0.3, -0.25) is 9.59 Å². The van der Waals surface area contributed by atoms with Crippen molar-refractivity contribution in [3.63, 3.8) is 0 Å². The van der Waals surface area contributed by atoms with E-state index in [-0.39, 0.29) is 30.9 Å². The minimum atomic E-state index is -0.157. The van der Waals surface area contributed by atoms with E-state index in [0.29, 0.717) is 6.54 Å². The largest absolute Gasteiger partial charge is 0.355 e. The van der Waals surface area contributed by atoms with Crippen molar-refractivity contribution in [2.45, 2.75) is 33.2 Å². The normalized spacial score (nSPS) is 10.1. The number of nitrogens with one attached hydrogen (secondary N) is 3. The quantitative estimate of drug-likeness (QED) is 0.542. The third-order valence-corrected chi connectivity index (χ3v) is 1.69. The fourth-order valence-corrected chi connectivity index (χ4v) is 0.865. The summed E-state index contributed by atoms with van der Waals surface area (Å²) < 4.78 is 0. The van der Waals surface area contributed by atoms with E-state index in [2.05, 4.69) is 16.0 Å². The van der Waals surface area contributed by atoms with Crippen molar-refractivity contribution in [3.05, 3.63) is 0 Å². The van der Waals surface area contributed by atoms with Gasteiger partial charge in [-0.05, 0) is 6.42 Å². The maximum absolute atomic E-state index is 11.2. The first kappa shape index (κ1) is 13.9. The van der Waals surface area contributed by atoms with E-state index in [1.165, 1.54) is 0 Å². The van der Waals surface area contributed by atoms with E-state index in [4.69, 9.17) is 0 Å². The van der Waals surface area contributed by atoms with Crippen LogP contribution in [0.5, 0.6) is 0 Å². The van der Waals surface area contributed by atoms with Gasteiger partial charge < -0.3 is 16.0 Å². The van der Waals surface area contributed by atoms with Crippen LogP contribution in [0.2, 0.25) is 0 Å². The molecule has 0 aromatic rings. The zero-order chi connectivity index (χ0) is 11.7. The molecule has 0 saturated heterocycles. The monoisotopic (exact) mass is 215 g/mol. The molecule has 0 bridgehead atoms. The Bertz CT molecular complexity index is 205. The molecule has 0 atom stereocenters. The van der Waals surface area contributed by atoms with Crippen LogP contribution in [0.4, 0.5) is 0 Å². The molecule has 0 fully saturated rings. The lowest BCUT2D eigenvalue weighted by molar-refractivity contribution is -0.125. The number of carbonyl (C=O) groups is 2. The van der Waals surface area contributed by atoms with Crippen LogP contribution < -0.4 is 16.0 Å². The summed E-state index contributed by atoms with van der Waals surface area (Å²) in [5, 5.41) is 8.18. The van der Waals surface area contributed by atoms with Crippen LogP contribution in [0.3, 0.4) is 0 Å². The molecular formula is C10H21N3O2. The third-order valence-electron chi connectivity index (χ3n) is 1.69. The Morgan fingerprint density at radius 3 is 2.20 bits per heavy atom. The molecule has 0 saturated carbocycles. The molecule has 0 spiro atoms. The Morgan fingerprint density at radius 2 is 1.67 bits per heavy atom. The van der Waals surface area contributed by atoms with Gasteiger partial charge in [-0.25, -0.2) is 0 Å². The lowest BCUT2D eigenvalue weighted by Crippen LogP contribution is -2.42. The molecule has 2 amide bonds. The smallest absolute Gasteiger partial charge is 0.239 e. The molecule has 0 aliphatic rings. The number of hydrogen-bond donors (Lipinski definition) is 3. The van der Waals surface area contributed by atoms with Gasteiger partial charge in [0, 0.05) is 12.6 Å². The summed E-state index contributed by atoms with van der Waals surface area (Å²) in [6.07, 6.45) is 0.897. The summed E-state index contributed by atoms with van der Waals surface area (Å²) in [7, 11) is 0. The summed E-state index contributed by atoms with van der Waals surface area (Å²) >= 11 is 0. The van der Waals surface area contributed by atoms with Crippen molar-refractivity contribution in [1.29, 1.82) is 0 Å². The van der Waals surface area contributed by atoms with Gasteiger partial charge in [0.25, 0.3) is 0 Å². The molecule has 0 unspecified atom stereocenters. The molecular weight excluding hydrogens is 194 g/mol. The summed E-state index contributed by atoms with van der Waals surface area (Å²) in [4.78, 5) is 22.3. The van der Waals surface area contributed by atoms with Gasteiger partial charge in [0.05, 0.1) is 13.1 Å². The van der Waals surface area contributed by atoms with Crippen molar-refractivity contribution in [2.75, 3.05) is 19.6 Å². The molecule has 0 aliphatic heterocycles. The lowest BCUT2D eigenvalue weighted by atomic mass is 10.4. The van der Waals surface area contributed by atoms with Crippen LogP contribution in [0.1, 0.15) is 27.2 Å². The van der Waals surface area contributed by atoms with Gasteiger partial charge in [0.1, 0.15) is 0 Å². The van der Waals surface area contributed by atoms with Crippen LogP contribution in [-0.4, -0.2) is 37.5 Å². The van der Waals surface area contributed by atoms with Crippen LogP contribution in [0, 0.1) is 0 Å². The summed E-state index contributed by atoms with van der Waals surface area (Å²) in [5.41, 5.74) is 0. The van der Waals surface area contributed by atoms with Crippen LogP contribution in [0.25, 0.3) is 0 Å². The first-order valence-corrected chi connectivity index (χ1v) is 5.33. The maximum Gasteiger partial charge on any atom is 0.239 e. The van der Waals surface area contributed by atoms with Gasteiger partial charge in [0.2, 0.25) is 11.8 Å². The molecule has 0 aliphatic carbocycles. The Morgan fingerprint density at radius 1 is 1.07 bits per heavy atom. The minimum absolute atomic E-state index is 0.0542. The maximum atomic E-state index is 11.2. The lowest BCUT2D eigenvalue weighted by Gasteiger charge is -2.08. The molecule has 5 heteroatoms. The van der Waals surface area contributed by atoms with E-state index in [1.54, 1.807) is 0 Å². The molecule has 5 nitrogen and oxygen atoms in total. The highest BCUT2D eigenvalue weighted by atomic mass is 16.2. The van der Waals surface area contributed by atoms with Gasteiger partial charge in [0.15, 0.2) is 0 Å².